The Hall–Kier alpha value is -2.12. The molecule has 6 nitrogen and oxygen atoms in total. The van der Waals surface area contributed by atoms with E-state index in [0.29, 0.717) is 0 Å². The fourth-order valence-electron chi connectivity index (χ4n) is 1.64. The van der Waals surface area contributed by atoms with Gasteiger partial charge in [-0.15, -0.1) is 0 Å². The van der Waals surface area contributed by atoms with E-state index in [1.807, 2.05) is 30.3 Å². The fourth-order valence-corrected chi connectivity index (χ4v) is 2.34. The van der Waals surface area contributed by atoms with Crippen LogP contribution in [-0.2, 0) is 20.4 Å². The van der Waals surface area contributed by atoms with E-state index in [9.17, 15) is 13.2 Å². The summed E-state index contributed by atoms with van der Waals surface area (Å²) in [5, 5.41) is -0.472. The van der Waals surface area contributed by atoms with Gasteiger partial charge in [0.2, 0.25) is 0 Å². The molecular weight excluding hydrogens is 330 g/mol. The monoisotopic (exact) mass is 341 g/mol. The summed E-state index contributed by atoms with van der Waals surface area (Å²) in [6.45, 7) is 0.202. The number of pyridine rings is 1. The van der Waals surface area contributed by atoms with Crippen LogP contribution in [0.4, 0.5) is 0 Å². The van der Waals surface area contributed by atoms with Gasteiger partial charge in [0.15, 0.2) is 10.7 Å². The van der Waals surface area contributed by atoms with Crippen LogP contribution >= 0.6 is 10.7 Å². The topological polar surface area (TPSA) is 82.6 Å². The lowest BCUT2D eigenvalue weighted by molar-refractivity contribution is 0.0592. The standard InChI is InChI=1S/C14H12ClNO5S/c1-20-14(17)12-7-11(8-13(16-12)22(15,18)19)21-9-10-5-3-2-4-6-10/h2-8H,9H2,1H3. The first-order valence-electron chi connectivity index (χ1n) is 6.12. The zero-order valence-corrected chi connectivity index (χ0v) is 13.1. The lowest BCUT2D eigenvalue weighted by Gasteiger charge is -2.09. The maximum atomic E-state index is 11.5. The van der Waals surface area contributed by atoms with Gasteiger partial charge in [-0.3, -0.25) is 0 Å². The zero-order chi connectivity index (χ0) is 16.2. The number of halogens is 1. The van der Waals surface area contributed by atoms with Crippen LogP contribution in [0.25, 0.3) is 0 Å². The molecule has 8 heteroatoms. The molecule has 0 aliphatic carbocycles. The first kappa shape index (κ1) is 16.3. The van der Waals surface area contributed by atoms with E-state index >= 15 is 0 Å². The number of carbonyl (C=O) groups excluding carboxylic acids is 1. The van der Waals surface area contributed by atoms with Crippen molar-refractivity contribution in [3.05, 3.63) is 53.7 Å². The molecule has 0 amide bonds. The average Bonchev–Trinajstić information content (AvgIpc) is 2.52. The van der Waals surface area contributed by atoms with Crippen molar-refractivity contribution in [2.75, 3.05) is 7.11 Å². The van der Waals surface area contributed by atoms with E-state index < -0.39 is 20.0 Å². The van der Waals surface area contributed by atoms with Crippen molar-refractivity contribution < 1.29 is 22.7 Å². The molecule has 1 heterocycles. The number of ether oxygens (including phenoxy) is 2. The van der Waals surface area contributed by atoms with Gasteiger partial charge in [0.05, 0.1) is 7.11 Å². The van der Waals surface area contributed by atoms with Gasteiger partial charge >= 0.3 is 5.97 Å². The smallest absolute Gasteiger partial charge is 0.356 e. The summed E-state index contributed by atoms with van der Waals surface area (Å²) < 4.78 is 32.9. The molecule has 2 aromatic rings. The minimum atomic E-state index is -4.10. The number of aromatic nitrogens is 1. The van der Waals surface area contributed by atoms with Crippen LogP contribution in [0.2, 0.25) is 0 Å². The van der Waals surface area contributed by atoms with Crippen molar-refractivity contribution in [2.24, 2.45) is 0 Å². The Morgan fingerprint density at radius 2 is 1.91 bits per heavy atom. The molecule has 1 aromatic heterocycles. The molecule has 0 aliphatic heterocycles. The van der Waals surface area contributed by atoms with Crippen LogP contribution in [0.3, 0.4) is 0 Å². The lowest BCUT2D eigenvalue weighted by Crippen LogP contribution is -2.08. The Balaban J connectivity index is 2.32. The van der Waals surface area contributed by atoms with Crippen LogP contribution in [0.1, 0.15) is 16.1 Å². The first-order valence-corrected chi connectivity index (χ1v) is 8.43. The third-order valence-corrected chi connectivity index (χ3v) is 3.85. The predicted molar refractivity (Wildman–Crippen MR) is 79.4 cm³/mol. The molecule has 0 aliphatic rings. The van der Waals surface area contributed by atoms with Gasteiger partial charge in [-0.05, 0) is 5.56 Å². The third-order valence-electron chi connectivity index (χ3n) is 2.67. The second-order valence-corrected chi connectivity index (χ2v) is 6.74. The molecule has 0 atom stereocenters. The summed E-state index contributed by atoms with van der Waals surface area (Å²) in [5.74, 6) is -0.634. The summed E-state index contributed by atoms with van der Waals surface area (Å²) in [5.41, 5.74) is 0.682. The highest BCUT2D eigenvalue weighted by Gasteiger charge is 2.18. The molecule has 2 rings (SSSR count). The molecule has 0 fully saturated rings. The molecule has 22 heavy (non-hydrogen) atoms. The predicted octanol–water partition coefficient (Wildman–Crippen LogP) is 2.37. The van der Waals surface area contributed by atoms with Gasteiger partial charge in [0.25, 0.3) is 9.05 Å². The van der Waals surface area contributed by atoms with Crippen LogP contribution in [0.15, 0.2) is 47.5 Å². The zero-order valence-electron chi connectivity index (χ0n) is 11.5. The fraction of sp³-hybridized carbons (Fsp3) is 0.143. The van der Waals surface area contributed by atoms with E-state index in [2.05, 4.69) is 9.72 Å². The average molecular weight is 342 g/mol. The van der Waals surface area contributed by atoms with Gasteiger partial charge in [-0.1, -0.05) is 30.3 Å². The number of rotatable bonds is 5. The van der Waals surface area contributed by atoms with Crippen LogP contribution in [-0.4, -0.2) is 26.5 Å². The highest BCUT2D eigenvalue weighted by molar-refractivity contribution is 8.13. The quantitative estimate of drug-likeness (QED) is 0.613. The molecule has 0 saturated heterocycles. The normalized spacial score (nSPS) is 11.0. The largest absolute Gasteiger partial charge is 0.489 e. The van der Waals surface area contributed by atoms with E-state index in [1.54, 1.807) is 0 Å². The maximum absolute atomic E-state index is 11.5. The lowest BCUT2D eigenvalue weighted by atomic mass is 10.2. The van der Waals surface area contributed by atoms with Crippen molar-refractivity contribution in [2.45, 2.75) is 11.6 Å². The van der Waals surface area contributed by atoms with Gasteiger partial charge in [0, 0.05) is 22.8 Å². The minimum Gasteiger partial charge on any atom is -0.489 e. The summed E-state index contributed by atoms with van der Waals surface area (Å²) in [4.78, 5) is 15.2. The molecule has 0 radical (unpaired) electrons. The molecule has 1 aromatic carbocycles. The number of hydrogen-bond donors (Lipinski definition) is 0. The first-order chi connectivity index (χ1) is 10.4. The van der Waals surface area contributed by atoms with Crippen molar-refractivity contribution >= 4 is 25.7 Å². The van der Waals surface area contributed by atoms with E-state index in [1.165, 1.54) is 6.07 Å². The Morgan fingerprint density at radius 3 is 2.50 bits per heavy atom. The van der Waals surface area contributed by atoms with Crippen molar-refractivity contribution in [3.63, 3.8) is 0 Å². The Kier molecular flexibility index (Phi) is 4.99. The summed E-state index contributed by atoms with van der Waals surface area (Å²) in [6, 6.07) is 11.7. The highest BCUT2D eigenvalue weighted by atomic mass is 35.7. The van der Waals surface area contributed by atoms with Crippen molar-refractivity contribution in [1.29, 1.82) is 0 Å². The molecule has 0 unspecified atom stereocenters. The Morgan fingerprint density at radius 1 is 1.23 bits per heavy atom. The molecule has 116 valence electrons. The van der Waals surface area contributed by atoms with Crippen LogP contribution in [0.5, 0.6) is 5.75 Å². The van der Waals surface area contributed by atoms with Gasteiger partial charge in [-0.25, -0.2) is 18.2 Å². The van der Waals surface area contributed by atoms with Gasteiger partial charge in [-0.2, -0.15) is 0 Å². The van der Waals surface area contributed by atoms with E-state index in [-0.39, 0.29) is 18.1 Å². The molecule has 0 N–H and O–H groups in total. The maximum Gasteiger partial charge on any atom is 0.356 e. The van der Waals surface area contributed by atoms with Crippen LogP contribution < -0.4 is 4.74 Å². The van der Waals surface area contributed by atoms with Crippen molar-refractivity contribution in [1.82, 2.24) is 4.98 Å². The SMILES string of the molecule is COC(=O)c1cc(OCc2ccccc2)cc(S(=O)(=O)Cl)n1. The number of benzene rings is 1. The molecule has 0 saturated carbocycles. The highest BCUT2D eigenvalue weighted by Crippen LogP contribution is 2.22. The van der Waals surface area contributed by atoms with E-state index in [4.69, 9.17) is 15.4 Å². The molecule has 0 spiro atoms. The number of nitrogens with zero attached hydrogens (tertiary/aromatic N) is 1. The second-order valence-electron chi connectivity index (χ2n) is 4.23. The number of methoxy groups -OCH3 is 1. The Labute approximate surface area is 132 Å². The molecular formula is C14H12ClNO5S. The Bertz CT molecular complexity index is 777. The van der Waals surface area contributed by atoms with Crippen LogP contribution in [0, 0.1) is 0 Å². The summed E-state index contributed by atoms with van der Waals surface area (Å²) in [7, 11) is 2.33. The minimum absolute atomic E-state index is 0.151. The summed E-state index contributed by atoms with van der Waals surface area (Å²) in [6.07, 6.45) is 0. The number of carbonyl (C=O) groups is 1. The van der Waals surface area contributed by atoms with Gasteiger partial charge in [0.1, 0.15) is 12.4 Å². The number of esters is 1. The van der Waals surface area contributed by atoms with E-state index in [0.717, 1.165) is 18.7 Å². The van der Waals surface area contributed by atoms with Crippen molar-refractivity contribution in [3.8, 4) is 5.75 Å². The molecule has 0 bridgehead atoms. The third kappa shape index (κ3) is 4.19. The van der Waals surface area contributed by atoms with Gasteiger partial charge < -0.3 is 9.47 Å². The second kappa shape index (κ2) is 6.76. The summed E-state index contributed by atoms with van der Waals surface area (Å²) >= 11 is 0. The number of hydrogen-bond acceptors (Lipinski definition) is 6.